The van der Waals surface area contributed by atoms with Crippen LogP contribution in [-0.2, 0) is 11.8 Å². The Morgan fingerprint density at radius 2 is 2.00 bits per heavy atom. The average Bonchev–Trinajstić information content (AvgIpc) is 2.43. The van der Waals surface area contributed by atoms with Crippen molar-refractivity contribution in [2.24, 2.45) is 0 Å². The van der Waals surface area contributed by atoms with Crippen molar-refractivity contribution in [2.45, 2.75) is 25.2 Å². The fourth-order valence-corrected chi connectivity index (χ4v) is 3.11. The Kier molecular flexibility index (Phi) is 3.31. The van der Waals surface area contributed by atoms with E-state index in [9.17, 15) is 4.79 Å². The minimum atomic E-state index is -0.548. The monoisotopic (exact) mass is 305 g/mol. The molecule has 1 heterocycles. The molecule has 102 valence electrons. The summed E-state index contributed by atoms with van der Waals surface area (Å²) in [6, 6.07) is 11.0. The van der Waals surface area contributed by atoms with E-state index in [4.69, 9.17) is 23.2 Å². The van der Waals surface area contributed by atoms with Crippen molar-refractivity contribution in [1.82, 2.24) is 4.98 Å². The van der Waals surface area contributed by atoms with Crippen LogP contribution in [0, 0.1) is 0 Å². The SMILES string of the molecule is CC1(c2cccc(Cl)c2)CCc2nc(Cl)ccc2C1=O. The third-order valence-corrected chi connectivity index (χ3v) is 4.46. The number of halogens is 2. The smallest absolute Gasteiger partial charge is 0.174 e. The van der Waals surface area contributed by atoms with Crippen molar-refractivity contribution in [3.63, 3.8) is 0 Å². The number of pyridine rings is 1. The van der Waals surface area contributed by atoms with E-state index in [-0.39, 0.29) is 5.78 Å². The van der Waals surface area contributed by atoms with Crippen LogP contribution in [0.1, 0.15) is 35.0 Å². The Morgan fingerprint density at radius 1 is 1.20 bits per heavy atom. The maximum atomic E-state index is 12.8. The maximum Gasteiger partial charge on any atom is 0.174 e. The van der Waals surface area contributed by atoms with Gasteiger partial charge in [-0.3, -0.25) is 4.79 Å². The molecule has 20 heavy (non-hydrogen) atoms. The third kappa shape index (κ3) is 2.13. The van der Waals surface area contributed by atoms with Gasteiger partial charge >= 0.3 is 0 Å². The zero-order valence-corrected chi connectivity index (χ0v) is 12.5. The van der Waals surface area contributed by atoms with E-state index in [0.29, 0.717) is 22.2 Å². The predicted octanol–water partition coefficient (Wildman–Crippen LogP) is 4.48. The van der Waals surface area contributed by atoms with Crippen LogP contribution in [0.3, 0.4) is 0 Å². The highest BCUT2D eigenvalue weighted by Crippen LogP contribution is 2.38. The maximum absolute atomic E-state index is 12.8. The molecule has 1 atom stereocenters. The summed E-state index contributed by atoms with van der Waals surface area (Å²) < 4.78 is 0. The average molecular weight is 306 g/mol. The van der Waals surface area contributed by atoms with Crippen molar-refractivity contribution >= 4 is 29.0 Å². The first-order chi connectivity index (χ1) is 9.50. The van der Waals surface area contributed by atoms with E-state index in [1.807, 2.05) is 31.2 Å². The molecule has 0 N–H and O–H groups in total. The second kappa shape index (κ2) is 4.87. The first kappa shape index (κ1) is 13.6. The Hall–Kier alpha value is -1.38. The quantitative estimate of drug-likeness (QED) is 0.727. The van der Waals surface area contributed by atoms with Crippen LogP contribution >= 0.6 is 23.2 Å². The van der Waals surface area contributed by atoms with E-state index < -0.39 is 5.41 Å². The van der Waals surface area contributed by atoms with Crippen LogP contribution in [0.4, 0.5) is 0 Å². The van der Waals surface area contributed by atoms with Gasteiger partial charge in [-0.15, -0.1) is 0 Å². The van der Waals surface area contributed by atoms with Gasteiger partial charge in [-0.1, -0.05) is 35.3 Å². The minimum Gasteiger partial charge on any atom is -0.293 e. The number of hydrogen-bond acceptors (Lipinski definition) is 2. The minimum absolute atomic E-state index is 0.0881. The number of carbonyl (C=O) groups is 1. The summed E-state index contributed by atoms with van der Waals surface area (Å²) in [5.74, 6) is 0.0881. The first-order valence-electron chi connectivity index (χ1n) is 6.47. The van der Waals surface area contributed by atoms with Gasteiger partial charge in [0.25, 0.3) is 0 Å². The Morgan fingerprint density at radius 3 is 2.75 bits per heavy atom. The largest absolute Gasteiger partial charge is 0.293 e. The molecular formula is C16H13Cl2NO. The predicted molar refractivity (Wildman–Crippen MR) is 80.7 cm³/mol. The Balaban J connectivity index is 2.09. The third-order valence-electron chi connectivity index (χ3n) is 4.01. The number of Topliss-reactive ketones (excluding diaryl/α,β-unsaturated/α-hetero) is 1. The topological polar surface area (TPSA) is 30.0 Å². The second-order valence-electron chi connectivity index (χ2n) is 5.30. The van der Waals surface area contributed by atoms with Crippen molar-refractivity contribution in [3.05, 3.63) is 63.4 Å². The van der Waals surface area contributed by atoms with Gasteiger partial charge < -0.3 is 0 Å². The van der Waals surface area contributed by atoms with E-state index >= 15 is 0 Å². The lowest BCUT2D eigenvalue weighted by molar-refractivity contribution is 0.0874. The van der Waals surface area contributed by atoms with Gasteiger partial charge in [-0.05, 0) is 49.6 Å². The van der Waals surface area contributed by atoms with E-state index in [1.54, 1.807) is 12.1 Å². The van der Waals surface area contributed by atoms with Gasteiger partial charge in [0.05, 0.1) is 11.1 Å². The van der Waals surface area contributed by atoms with E-state index in [2.05, 4.69) is 4.98 Å². The highest BCUT2D eigenvalue weighted by Gasteiger charge is 2.40. The molecule has 2 aromatic rings. The lowest BCUT2D eigenvalue weighted by Crippen LogP contribution is -2.37. The number of nitrogens with zero attached hydrogens (tertiary/aromatic N) is 1. The first-order valence-corrected chi connectivity index (χ1v) is 7.22. The van der Waals surface area contributed by atoms with Gasteiger partial charge in [-0.2, -0.15) is 0 Å². The molecule has 3 rings (SSSR count). The molecule has 4 heteroatoms. The van der Waals surface area contributed by atoms with Crippen LogP contribution in [-0.4, -0.2) is 10.8 Å². The molecular weight excluding hydrogens is 293 g/mol. The lowest BCUT2D eigenvalue weighted by atomic mass is 9.69. The number of ketones is 1. The Labute approximate surface area is 127 Å². The normalized spacial score (nSPS) is 21.6. The molecule has 0 spiro atoms. The zero-order valence-electron chi connectivity index (χ0n) is 11.0. The molecule has 0 amide bonds. The summed E-state index contributed by atoms with van der Waals surface area (Å²) in [7, 11) is 0. The van der Waals surface area contributed by atoms with Gasteiger partial charge in [0.1, 0.15) is 5.15 Å². The molecule has 1 unspecified atom stereocenters. The molecule has 0 bridgehead atoms. The molecule has 0 saturated heterocycles. The summed E-state index contributed by atoms with van der Waals surface area (Å²) >= 11 is 11.9. The number of aromatic nitrogens is 1. The highest BCUT2D eigenvalue weighted by atomic mass is 35.5. The van der Waals surface area contributed by atoms with Crippen molar-refractivity contribution in [1.29, 1.82) is 0 Å². The van der Waals surface area contributed by atoms with Crippen LogP contribution in [0.25, 0.3) is 0 Å². The number of benzene rings is 1. The molecule has 0 saturated carbocycles. The number of carbonyl (C=O) groups excluding carboxylic acids is 1. The molecule has 1 aromatic carbocycles. The fraction of sp³-hybridized carbons (Fsp3) is 0.250. The number of hydrogen-bond donors (Lipinski definition) is 0. The molecule has 1 aromatic heterocycles. The van der Waals surface area contributed by atoms with E-state index in [0.717, 1.165) is 17.7 Å². The van der Waals surface area contributed by atoms with Crippen molar-refractivity contribution in [2.75, 3.05) is 0 Å². The molecule has 1 aliphatic rings. The summed E-state index contributed by atoms with van der Waals surface area (Å²) in [6.45, 7) is 1.97. The zero-order chi connectivity index (χ0) is 14.3. The van der Waals surface area contributed by atoms with Crippen LogP contribution in [0.5, 0.6) is 0 Å². The molecule has 1 aliphatic carbocycles. The summed E-state index contributed by atoms with van der Waals surface area (Å²) in [6.07, 6.45) is 1.46. The molecule has 0 aliphatic heterocycles. The standard InChI is InChI=1S/C16H13Cl2NO/c1-16(10-3-2-4-11(17)9-10)8-7-13-12(15(16)20)5-6-14(18)19-13/h2-6,9H,7-8H2,1H3. The molecule has 0 fully saturated rings. The van der Waals surface area contributed by atoms with Gasteiger partial charge in [0.2, 0.25) is 0 Å². The number of aryl methyl sites for hydroxylation is 1. The van der Waals surface area contributed by atoms with Gasteiger partial charge in [-0.25, -0.2) is 4.98 Å². The fourth-order valence-electron chi connectivity index (χ4n) is 2.76. The molecule has 0 radical (unpaired) electrons. The summed E-state index contributed by atoms with van der Waals surface area (Å²) in [4.78, 5) is 17.1. The van der Waals surface area contributed by atoms with Gasteiger partial charge in [0, 0.05) is 10.6 Å². The Bertz CT molecular complexity index is 699. The van der Waals surface area contributed by atoms with Crippen molar-refractivity contribution in [3.8, 4) is 0 Å². The van der Waals surface area contributed by atoms with Crippen LogP contribution in [0.2, 0.25) is 10.2 Å². The number of fused-ring (bicyclic) bond motifs is 1. The highest BCUT2D eigenvalue weighted by molar-refractivity contribution is 6.30. The number of rotatable bonds is 1. The van der Waals surface area contributed by atoms with E-state index in [1.165, 1.54) is 0 Å². The van der Waals surface area contributed by atoms with Crippen LogP contribution < -0.4 is 0 Å². The van der Waals surface area contributed by atoms with Crippen LogP contribution in [0.15, 0.2) is 36.4 Å². The summed E-state index contributed by atoms with van der Waals surface area (Å²) in [5.41, 5.74) is 1.87. The second-order valence-corrected chi connectivity index (χ2v) is 6.12. The van der Waals surface area contributed by atoms with Crippen molar-refractivity contribution < 1.29 is 4.79 Å². The van der Waals surface area contributed by atoms with Gasteiger partial charge in [0.15, 0.2) is 5.78 Å². The molecule has 2 nitrogen and oxygen atoms in total. The summed E-state index contributed by atoms with van der Waals surface area (Å²) in [5, 5.41) is 1.08. The lowest BCUT2D eigenvalue weighted by Gasteiger charge is -2.33.